The fraction of sp³-hybridized carbons (Fsp3) is 0.462. The molecule has 2 N–H and O–H groups in total. The summed E-state index contributed by atoms with van der Waals surface area (Å²) in [6.45, 7) is 0.639. The van der Waals surface area contributed by atoms with Crippen LogP contribution in [0, 0.1) is 0 Å². The van der Waals surface area contributed by atoms with Crippen molar-refractivity contribution in [2.45, 2.75) is 32.2 Å². The summed E-state index contributed by atoms with van der Waals surface area (Å²) in [6, 6.07) is 6.69. The third-order valence-electron chi connectivity index (χ3n) is 2.82. The zero-order chi connectivity index (χ0) is 12.8. The van der Waals surface area contributed by atoms with Crippen molar-refractivity contribution in [3.8, 4) is 0 Å². The Morgan fingerprint density at radius 1 is 1.39 bits per heavy atom. The Balaban J connectivity index is 1.82. The molecule has 0 bridgehead atoms. The van der Waals surface area contributed by atoms with Gasteiger partial charge in [0.1, 0.15) is 0 Å². The molecule has 0 spiro atoms. The van der Waals surface area contributed by atoms with E-state index in [-0.39, 0.29) is 18.8 Å². The number of hydrogen-bond donors (Lipinski definition) is 2. The summed E-state index contributed by atoms with van der Waals surface area (Å²) < 4.78 is 5.33. The molecule has 5 heteroatoms. The van der Waals surface area contributed by atoms with Gasteiger partial charge >= 0.3 is 0 Å². The molecule has 0 aliphatic carbocycles. The highest BCUT2D eigenvalue weighted by molar-refractivity contribution is 5.93. The standard InChI is InChI=1S/C13H17NO4/c15-9-10-4-6-11(7-5-10)13(16)14-18-12-3-1-2-8-17-12/h4-7,12,15H,1-3,8-9H2,(H,14,16). The third kappa shape index (κ3) is 3.53. The molecule has 5 nitrogen and oxygen atoms in total. The number of amides is 1. The number of hydrogen-bond acceptors (Lipinski definition) is 4. The summed E-state index contributed by atoms with van der Waals surface area (Å²) in [4.78, 5) is 16.9. The molecular weight excluding hydrogens is 234 g/mol. The van der Waals surface area contributed by atoms with Crippen LogP contribution in [0.4, 0.5) is 0 Å². The maximum atomic E-state index is 11.7. The van der Waals surface area contributed by atoms with Crippen molar-refractivity contribution in [1.29, 1.82) is 0 Å². The topological polar surface area (TPSA) is 67.8 Å². The van der Waals surface area contributed by atoms with Gasteiger partial charge in [0, 0.05) is 18.6 Å². The second-order valence-electron chi connectivity index (χ2n) is 4.20. The minimum Gasteiger partial charge on any atom is -0.392 e. The van der Waals surface area contributed by atoms with E-state index >= 15 is 0 Å². The molecule has 1 amide bonds. The SMILES string of the molecule is O=C(NOC1CCCCO1)c1ccc(CO)cc1. The number of benzene rings is 1. The van der Waals surface area contributed by atoms with E-state index in [1.807, 2.05) is 0 Å². The monoisotopic (exact) mass is 251 g/mol. The number of aliphatic hydroxyl groups excluding tert-OH is 1. The van der Waals surface area contributed by atoms with Crippen molar-refractivity contribution in [2.24, 2.45) is 0 Å². The Hall–Kier alpha value is -1.43. The first-order valence-corrected chi connectivity index (χ1v) is 6.07. The predicted octanol–water partition coefficient (Wildman–Crippen LogP) is 1.37. The van der Waals surface area contributed by atoms with Gasteiger partial charge in [0.25, 0.3) is 5.91 Å². The van der Waals surface area contributed by atoms with Gasteiger partial charge in [-0.3, -0.25) is 4.79 Å². The lowest BCUT2D eigenvalue weighted by Crippen LogP contribution is -2.33. The summed E-state index contributed by atoms with van der Waals surface area (Å²) >= 11 is 0. The van der Waals surface area contributed by atoms with E-state index in [0.29, 0.717) is 12.2 Å². The number of nitrogens with one attached hydrogen (secondary N) is 1. The molecule has 1 fully saturated rings. The van der Waals surface area contributed by atoms with Gasteiger partial charge in [0.15, 0.2) is 6.29 Å². The van der Waals surface area contributed by atoms with Crippen LogP contribution in [0.2, 0.25) is 0 Å². The Bertz CT molecular complexity index is 384. The first kappa shape index (κ1) is 13.0. The van der Waals surface area contributed by atoms with Crippen LogP contribution in [0.3, 0.4) is 0 Å². The molecule has 2 rings (SSSR count). The lowest BCUT2D eigenvalue weighted by molar-refractivity contribution is -0.186. The maximum absolute atomic E-state index is 11.7. The largest absolute Gasteiger partial charge is 0.392 e. The molecule has 1 unspecified atom stereocenters. The number of carbonyl (C=O) groups excluding carboxylic acids is 1. The molecule has 98 valence electrons. The number of aliphatic hydroxyl groups is 1. The normalized spacial score (nSPS) is 19.5. The molecule has 0 saturated carbocycles. The number of ether oxygens (including phenoxy) is 1. The second-order valence-corrected chi connectivity index (χ2v) is 4.20. The highest BCUT2D eigenvalue weighted by atomic mass is 16.8. The fourth-order valence-electron chi connectivity index (χ4n) is 1.74. The van der Waals surface area contributed by atoms with Crippen LogP contribution in [0.15, 0.2) is 24.3 Å². The average molecular weight is 251 g/mol. The summed E-state index contributed by atoms with van der Waals surface area (Å²) in [5.41, 5.74) is 3.64. The molecule has 1 aliphatic rings. The van der Waals surface area contributed by atoms with Gasteiger partial charge in [-0.2, -0.15) is 0 Å². The molecule has 0 aromatic heterocycles. The molecule has 1 saturated heterocycles. The van der Waals surface area contributed by atoms with Crippen LogP contribution in [0.1, 0.15) is 35.2 Å². The van der Waals surface area contributed by atoms with E-state index in [0.717, 1.165) is 24.8 Å². The van der Waals surface area contributed by atoms with Crippen LogP contribution >= 0.6 is 0 Å². The minimum atomic E-state index is -0.348. The summed E-state index contributed by atoms with van der Waals surface area (Å²) in [6.07, 6.45) is 2.53. The first-order chi connectivity index (χ1) is 8.79. The van der Waals surface area contributed by atoms with Gasteiger partial charge in [-0.25, -0.2) is 10.3 Å². The van der Waals surface area contributed by atoms with Gasteiger partial charge in [0.05, 0.1) is 6.61 Å². The van der Waals surface area contributed by atoms with E-state index in [1.165, 1.54) is 0 Å². The van der Waals surface area contributed by atoms with E-state index in [9.17, 15) is 4.79 Å². The van der Waals surface area contributed by atoms with Crippen LogP contribution in [-0.4, -0.2) is 23.9 Å². The molecular formula is C13H17NO4. The molecule has 0 radical (unpaired) electrons. The van der Waals surface area contributed by atoms with Crippen molar-refractivity contribution in [1.82, 2.24) is 5.48 Å². The predicted molar refractivity (Wildman–Crippen MR) is 64.5 cm³/mol. The number of carbonyl (C=O) groups is 1. The molecule has 18 heavy (non-hydrogen) atoms. The lowest BCUT2D eigenvalue weighted by atomic mass is 10.1. The van der Waals surface area contributed by atoms with Crippen molar-refractivity contribution >= 4 is 5.91 Å². The Morgan fingerprint density at radius 2 is 2.17 bits per heavy atom. The minimum absolute atomic E-state index is 0.0334. The molecule has 1 aliphatic heterocycles. The number of hydroxylamine groups is 1. The highest BCUT2D eigenvalue weighted by Crippen LogP contribution is 2.12. The van der Waals surface area contributed by atoms with E-state index in [2.05, 4.69) is 5.48 Å². The smallest absolute Gasteiger partial charge is 0.274 e. The van der Waals surface area contributed by atoms with Crippen molar-refractivity contribution in [3.63, 3.8) is 0 Å². The third-order valence-corrected chi connectivity index (χ3v) is 2.82. The lowest BCUT2D eigenvalue weighted by Gasteiger charge is -2.22. The van der Waals surface area contributed by atoms with E-state index < -0.39 is 0 Å². The van der Waals surface area contributed by atoms with Gasteiger partial charge in [-0.1, -0.05) is 12.1 Å². The second kappa shape index (κ2) is 6.49. The summed E-state index contributed by atoms with van der Waals surface area (Å²) in [5.74, 6) is -0.311. The van der Waals surface area contributed by atoms with Crippen LogP contribution in [0.5, 0.6) is 0 Å². The summed E-state index contributed by atoms with van der Waals surface area (Å²) in [7, 11) is 0. The molecule has 1 aromatic rings. The zero-order valence-corrected chi connectivity index (χ0v) is 10.1. The van der Waals surface area contributed by atoms with Crippen LogP contribution < -0.4 is 5.48 Å². The highest BCUT2D eigenvalue weighted by Gasteiger charge is 2.16. The Labute approximate surface area is 106 Å². The van der Waals surface area contributed by atoms with Crippen LogP contribution in [0.25, 0.3) is 0 Å². The van der Waals surface area contributed by atoms with Gasteiger partial charge in [0.2, 0.25) is 0 Å². The summed E-state index contributed by atoms with van der Waals surface area (Å²) in [5, 5.41) is 8.90. The van der Waals surface area contributed by atoms with Crippen molar-refractivity contribution < 1.29 is 19.5 Å². The molecule has 1 aromatic carbocycles. The van der Waals surface area contributed by atoms with Gasteiger partial charge < -0.3 is 9.84 Å². The fourth-order valence-corrected chi connectivity index (χ4v) is 1.74. The van der Waals surface area contributed by atoms with E-state index in [1.54, 1.807) is 24.3 Å². The van der Waals surface area contributed by atoms with Gasteiger partial charge in [-0.15, -0.1) is 0 Å². The Kier molecular flexibility index (Phi) is 4.69. The molecule has 1 atom stereocenters. The average Bonchev–Trinajstić information content (AvgIpc) is 2.46. The van der Waals surface area contributed by atoms with E-state index in [4.69, 9.17) is 14.7 Å². The first-order valence-electron chi connectivity index (χ1n) is 6.07. The number of rotatable bonds is 4. The van der Waals surface area contributed by atoms with Crippen molar-refractivity contribution in [2.75, 3.05) is 6.61 Å². The Morgan fingerprint density at radius 3 is 2.78 bits per heavy atom. The van der Waals surface area contributed by atoms with Gasteiger partial charge in [-0.05, 0) is 30.5 Å². The quantitative estimate of drug-likeness (QED) is 0.793. The van der Waals surface area contributed by atoms with Crippen LogP contribution in [-0.2, 0) is 16.2 Å². The maximum Gasteiger partial charge on any atom is 0.274 e. The zero-order valence-electron chi connectivity index (χ0n) is 10.1. The molecule has 1 heterocycles. The van der Waals surface area contributed by atoms with Crippen molar-refractivity contribution in [3.05, 3.63) is 35.4 Å².